The number of hydrogen-bond acceptors (Lipinski definition) is 4. The molecule has 0 radical (unpaired) electrons. The van der Waals surface area contributed by atoms with Gasteiger partial charge in [-0.25, -0.2) is 4.98 Å². The van der Waals surface area contributed by atoms with Crippen molar-refractivity contribution in [3.8, 4) is 10.6 Å². The number of thiophene rings is 1. The van der Waals surface area contributed by atoms with Crippen LogP contribution < -0.4 is 5.32 Å². The van der Waals surface area contributed by atoms with Crippen LogP contribution in [0.4, 0.5) is 5.00 Å². The highest BCUT2D eigenvalue weighted by Crippen LogP contribution is 2.46. The second kappa shape index (κ2) is 7.04. The molecule has 4 rings (SSSR count). The molecule has 25 heavy (non-hydrogen) atoms. The van der Waals surface area contributed by atoms with E-state index in [0.717, 1.165) is 59.3 Å². The second-order valence-corrected chi connectivity index (χ2v) is 9.06. The van der Waals surface area contributed by atoms with E-state index in [1.54, 1.807) is 22.7 Å². The Bertz CT molecular complexity index is 831. The predicted octanol–water partition coefficient (Wildman–Crippen LogP) is 5.74. The van der Waals surface area contributed by atoms with E-state index in [4.69, 9.17) is 4.98 Å². The summed E-state index contributed by atoms with van der Waals surface area (Å²) in [6, 6.07) is 0. The van der Waals surface area contributed by atoms with Gasteiger partial charge in [0.15, 0.2) is 0 Å². The smallest absolute Gasteiger partial charge is 0.251 e. The highest BCUT2D eigenvalue weighted by molar-refractivity contribution is 7.18. The number of rotatable bonds is 4. The molecule has 1 N–H and O–H groups in total. The second-order valence-electron chi connectivity index (χ2n) is 7.09. The molecule has 132 valence electrons. The van der Waals surface area contributed by atoms with Gasteiger partial charge in [-0.3, -0.25) is 4.79 Å². The highest BCUT2D eigenvalue weighted by Gasteiger charge is 2.28. The highest BCUT2D eigenvalue weighted by atomic mass is 32.1. The Kier molecular flexibility index (Phi) is 4.78. The zero-order valence-electron chi connectivity index (χ0n) is 14.9. The van der Waals surface area contributed by atoms with E-state index in [9.17, 15) is 4.79 Å². The summed E-state index contributed by atoms with van der Waals surface area (Å²) in [5, 5.41) is 7.39. The third kappa shape index (κ3) is 3.32. The maximum absolute atomic E-state index is 12.6. The van der Waals surface area contributed by atoms with E-state index in [2.05, 4.69) is 23.7 Å². The van der Waals surface area contributed by atoms with E-state index >= 15 is 0 Å². The number of fused-ring (bicyclic) bond motifs is 1. The molecule has 3 nitrogen and oxygen atoms in total. The van der Waals surface area contributed by atoms with Crippen molar-refractivity contribution < 1.29 is 4.79 Å². The lowest BCUT2D eigenvalue weighted by molar-refractivity contribution is -0.112. The van der Waals surface area contributed by atoms with Crippen molar-refractivity contribution in [2.45, 2.75) is 58.8 Å². The largest absolute Gasteiger partial charge is 0.313 e. The summed E-state index contributed by atoms with van der Waals surface area (Å²) >= 11 is 3.47. The summed E-state index contributed by atoms with van der Waals surface area (Å²) in [5.74, 6) is 0.857. The topological polar surface area (TPSA) is 42.0 Å². The van der Waals surface area contributed by atoms with Crippen molar-refractivity contribution in [2.75, 3.05) is 5.32 Å². The van der Waals surface area contributed by atoms with E-state index < -0.39 is 0 Å². The van der Waals surface area contributed by atoms with Gasteiger partial charge in [0.1, 0.15) is 10.0 Å². The summed E-state index contributed by atoms with van der Waals surface area (Å²) in [6.07, 6.45) is 9.85. The third-order valence-corrected chi connectivity index (χ3v) is 7.48. The van der Waals surface area contributed by atoms with Gasteiger partial charge in [-0.15, -0.1) is 22.7 Å². The molecule has 0 saturated heterocycles. The molecule has 2 aliphatic rings. The minimum absolute atomic E-state index is 0.0812. The number of amides is 1. The molecule has 0 aromatic carbocycles. The van der Waals surface area contributed by atoms with E-state index in [1.165, 1.54) is 28.8 Å². The number of carbonyl (C=O) groups is 1. The molecule has 0 saturated carbocycles. The average molecular weight is 373 g/mol. The number of nitrogens with one attached hydrogen (secondary N) is 1. The van der Waals surface area contributed by atoms with Gasteiger partial charge in [0.2, 0.25) is 0 Å². The van der Waals surface area contributed by atoms with Crippen LogP contribution >= 0.6 is 22.7 Å². The zero-order chi connectivity index (χ0) is 17.4. The number of hydrogen-bond donors (Lipinski definition) is 1. The SMILES string of the molecule is CCC1CCc2c(sc(NC(=O)C3=CCCC3)c2-c2nc(C)cs2)C1. The summed E-state index contributed by atoms with van der Waals surface area (Å²) in [7, 11) is 0. The van der Waals surface area contributed by atoms with Crippen molar-refractivity contribution in [3.63, 3.8) is 0 Å². The minimum Gasteiger partial charge on any atom is -0.313 e. The van der Waals surface area contributed by atoms with Gasteiger partial charge in [-0.05, 0) is 56.9 Å². The molecule has 0 fully saturated rings. The number of nitrogens with zero attached hydrogens (tertiary/aromatic N) is 1. The minimum atomic E-state index is 0.0812. The van der Waals surface area contributed by atoms with E-state index in [-0.39, 0.29) is 5.91 Å². The Labute approximate surface area is 157 Å². The fourth-order valence-corrected chi connectivity index (χ4v) is 6.14. The van der Waals surface area contributed by atoms with Gasteiger partial charge < -0.3 is 5.32 Å². The predicted molar refractivity (Wildman–Crippen MR) is 107 cm³/mol. The Balaban J connectivity index is 1.72. The van der Waals surface area contributed by atoms with E-state index in [0.29, 0.717) is 0 Å². The van der Waals surface area contributed by atoms with Gasteiger partial charge in [0, 0.05) is 27.1 Å². The van der Waals surface area contributed by atoms with Crippen molar-refractivity contribution in [1.29, 1.82) is 0 Å². The molecule has 5 heteroatoms. The molecule has 0 aliphatic heterocycles. The summed E-state index contributed by atoms with van der Waals surface area (Å²) in [5.41, 5.74) is 4.62. The summed E-state index contributed by atoms with van der Waals surface area (Å²) < 4.78 is 0. The number of aromatic nitrogens is 1. The normalized spacial score (nSPS) is 19.6. The summed E-state index contributed by atoms with van der Waals surface area (Å²) in [6.45, 7) is 4.32. The lowest BCUT2D eigenvalue weighted by Crippen LogP contribution is -2.13. The van der Waals surface area contributed by atoms with E-state index in [1.807, 2.05) is 6.92 Å². The summed E-state index contributed by atoms with van der Waals surface area (Å²) in [4.78, 5) is 18.8. The van der Waals surface area contributed by atoms with Crippen molar-refractivity contribution in [3.05, 3.63) is 33.2 Å². The van der Waals surface area contributed by atoms with Gasteiger partial charge in [-0.2, -0.15) is 0 Å². The average Bonchev–Trinajstić information content (AvgIpc) is 3.33. The van der Waals surface area contributed by atoms with Crippen LogP contribution in [0.15, 0.2) is 17.0 Å². The molecule has 2 aromatic rings. The molecule has 2 heterocycles. The van der Waals surface area contributed by atoms with Gasteiger partial charge in [0.05, 0.1) is 0 Å². The Morgan fingerprint density at radius 2 is 2.28 bits per heavy atom. The first kappa shape index (κ1) is 17.0. The van der Waals surface area contributed by atoms with Crippen LogP contribution in [0.2, 0.25) is 0 Å². The van der Waals surface area contributed by atoms with Gasteiger partial charge in [-0.1, -0.05) is 19.4 Å². The Morgan fingerprint density at radius 3 is 2.96 bits per heavy atom. The maximum Gasteiger partial charge on any atom is 0.251 e. The molecule has 1 atom stereocenters. The fourth-order valence-electron chi connectivity index (χ4n) is 3.85. The number of aryl methyl sites for hydroxylation is 1. The van der Waals surface area contributed by atoms with Gasteiger partial charge in [0.25, 0.3) is 5.91 Å². The first-order valence-corrected chi connectivity index (χ1v) is 10.9. The molecule has 0 bridgehead atoms. The third-order valence-electron chi connectivity index (χ3n) is 5.34. The zero-order valence-corrected chi connectivity index (χ0v) is 16.5. The van der Waals surface area contributed by atoms with Crippen LogP contribution in [0.25, 0.3) is 10.6 Å². The molecule has 1 unspecified atom stereocenters. The monoisotopic (exact) mass is 372 g/mol. The molecular formula is C20H24N2OS2. The van der Waals surface area contributed by atoms with Crippen molar-refractivity contribution in [2.24, 2.45) is 5.92 Å². The van der Waals surface area contributed by atoms with Crippen LogP contribution in [-0.2, 0) is 17.6 Å². The molecule has 1 amide bonds. The molecular weight excluding hydrogens is 348 g/mol. The maximum atomic E-state index is 12.6. The van der Waals surface area contributed by atoms with Crippen LogP contribution in [0.5, 0.6) is 0 Å². The fraction of sp³-hybridized carbons (Fsp3) is 0.500. The standard InChI is InChI=1S/C20H24N2OS2/c1-3-13-8-9-15-16(10-13)25-20(17(15)19-21-12(2)11-24-19)22-18(23)14-6-4-5-7-14/h6,11,13H,3-5,7-10H2,1-2H3,(H,22,23). The van der Waals surface area contributed by atoms with Crippen LogP contribution in [-0.4, -0.2) is 10.9 Å². The lowest BCUT2D eigenvalue weighted by Gasteiger charge is -2.21. The van der Waals surface area contributed by atoms with Crippen LogP contribution in [0, 0.1) is 12.8 Å². The van der Waals surface area contributed by atoms with Crippen LogP contribution in [0.1, 0.15) is 55.2 Å². The van der Waals surface area contributed by atoms with Crippen LogP contribution in [0.3, 0.4) is 0 Å². The number of allylic oxidation sites excluding steroid dienone is 1. The number of thiazole rings is 1. The molecule has 0 spiro atoms. The number of carbonyl (C=O) groups excluding carboxylic acids is 1. The van der Waals surface area contributed by atoms with Gasteiger partial charge >= 0.3 is 0 Å². The number of anilines is 1. The molecule has 2 aromatic heterocycles. The Hall–Kier alpha value is -1.46. The first-order valence-electron chi connectivity index (χ1n) is 9.23. The van der Waals surface area contributed by atoms with Crippen molar-refractivity contribution >= 4 is 33.6 Å². The lowest BCUT2D eigenvalue weighted by atomic mass is 9.86. The molecule has 2 aliphatic carbocycles. The quantitative estimate of drug-likeness (QED) is 0.743. The first-order chi connectivity index (χ1) is 12.2. The Morgan fingerprint density at radius 1 is 1.40 bits per heavy atom. The van der Waals surface area contributed by atoms with Crippen molar-refractivity contribution in [1.82, 2.24) is 4.98 Å².